The van der Waals surface area contributed by atoms with E-state index in [9.17, 15) is 10.1 Å². The lowest BCUT2D eigenvalue weighted by molar-refractivity contribution is 0.0524. The van der Waals surface area contributed by atoms with Crippen LogP contribution in [0.5, 0.6) is 0 Å². The maximum absolute atomic E-state index is 12.8. The minimum atomic E-state index is -0.361. The fraction of sp³-hybridized carbons (Fsp3) is 0.280. The van der Waals surface area contributed by atoms with E-state index in [-0.39, 0.29) is 18.1 Å². The van der Waals surface area contributed by atoms with Gasteiger partial charge in [0, 0.05) is 22.9 Å². The Labute approximate surface area is 188 Å². The number of hydrogen-bond acceptors (Lipinski definition) is 4. The molecule has 1 unspecified atom stereocenters. The first-order valence-corrected chi connectivity index (χ1v) is 10.6. The predicted molar refractivity (Wildman–Crippen MR) is 124 cm³/mol. The molecule has 0 radical (unpaired) electrons. The number of hydrogen-bond donors (Lipinski definition) is 1. The Morgan fingerprint density at radius 1 is 1.19 bits per heavy atom. The van der Waals surface area contributed by atoms with Crippen molar-refractivity contribution >= 4 is 23.3 Å². The van der Waals surface area contributed by atoms with Crippen LogP contribution >= 0.6 is 11.6 Å². The fourth-order valence-electron chi connectivity index (χ4n) is 3.57. The van der Waals surface area contributed by atoms with Gasteiger partial charge in [0.1, 0.15) is 0 Å². The van der Waals surface area contributed by atoms with E-state index in [0.717, 1.165) is 22.5 Å². The summed E-state index contributed by atoms with van der Waals surface area (Å²) in [4.78, 5) is 12.8. The summed E-state index contributed by atoms with van der Waals surface area (Å²) in [7, 11) is 0. The van der Waals surface area contributed by atoms with Crippen molar-refractivity contribution in [2.24, 2.45) is 0 Å². The van der Waals surface area contributed by atoms with Crippen LogP contribution in [-0.2, 0) is 4.74 Å². The van der Waals surface area contributed by atoms with Gasteiger partial charge in [0.25, 0.3) is 0 Å². The number of carbonyl (C=O) groups is 1. The van der Waals surface area contributed by atoms with E-state index in [1.807, 2.05) is 43.5 Å². The Balaban J connectivity index is 2.20. The molecule has 5 nitrogen and oxygen atoms in total. The molecule has 1 N–H and O–H groups in total. The summed E-state index contributed by atoms with van der Waals surface area (Å²) in [5.41, 5.74) is 4.60. The molecule has 3 rings (SSSR count). The molecule has 2 aromatic carbocycles. The predicted octanol–water partition coefficient (Wildman–Crippen LogP) is 6.28. The van der Waals surface area contributed by atoms with Gasteiger partial charge < -0.3 is 14.6 Å². The van der Waals surface area contributed by atoms with Gasteiger partial charge in [0.2, 0.25) is 0 Å². The molecule has 0 aliphatic carbocycles. The molecule has 6 heteroatoms. The molecule has 0 fully saturated rings. The molecule has 160 valence electrons. The van der Waals surface area contributed by atoms with Gasteiger partial charge in [-0.25, -0.2) is 4.79 Å². The Morgan fingerprint density at radius 3 is 2.52 bits per heavy atom. The molecule has 3 aromatic rings. The molecule has 1 atom stereocenters. The van der Waals surface area contributed by atoms with Crippen molar-refractivity contribution in [2.75, 3.05) is 11.9 Å². The fourth-order valence-corrected chi connectivity index (χ4v) is 3.75. The summed E-state index contributed by atoms with van der Waals surface area (Å²) in [5.74, 6) is -0.361. The molecule has 0 saturated carbocycles. The Hall–Kier alpha value is -3.23. The number of ether oxygens (including phenoxy) is 1. The van der Waals surface area contributed by atoms with Gasteiger partial charge in [-0.3, -0.25) is 0 Å². The number of anilines is 1. The minimum Gasteiger partial charge on any atom is -0.462 e. The topological polar surface area (TPSA) is 67.0 Å². The number of esters is 1. The van der Waals surface area contributed by atoms with Gasteiger partial charge in [0.15, 0.2) is 0 Å². The molecule has 0 aliphatic heterocycles. The average Bonchev–Trinajstić information content (AvgIpc) is 3.20. The Kier molecular flexibility index (Phi) is 7.04. The molecule has 0 spiro atoms. The van der Waals surface area contributed by atoms with Gasteiger partial charge in [-0.15, -0.1) is 0 Å². The maximum atomic E-state index is 12.8. The molecule has 0 amide bonds. The van der Waals surface area contributed by atoms with E-state index in [2.05, 4.69) is 29.8 Å². The van der Waals surface area contributed by atoms with Crippen molar-refractivity contribution in [3.05, 3.63) is 87.7 Å². The van der Waals surface area contributed by atoms with Crippen LogP contribution in [0.3, 0.4) is 0 Å². The molecule has 0 aliphatic rings. The summed E-state index contributed by atoms with van der Waals surface area (Å²) in [5, 5.41) is 13.4. The number of nitriles is 1. The maximum Gasteiger partial charge on any atom is 0.340 e. The van der Waals surface area contributed by atoms with Crippen LogP contribution < -0.4 is 5.32 Å². The zero-order valence-electron chi connectivity index (χ0n) is 18.1. The zero-order valence-corrected chi connectivity index (χ0v) is 18.9. The van der Waals surface area contributed by atoms with E-state index in [0.29, 0.717) is 22.8 Å². The lowest BCUT2D eigenvalue weighted by atomic mass is 9.98. The average molecular weight is 436 g/mol. The molecular formula is C25H26ClN3O2. The van der Waals surface area contributed by atoms with Crippen molar-refractivity contribution in [2.45, 2.75) is 39.8 Å². The van der Waals surface area contributed by atoms with Gasteiger partial charge in [-0.1, -0.05) is 29.8 Å². The monoisotopic (exact) mass is 435 g/mol. The lowest BCUT2D eigenvalue weighted by Gasteiger charge is -2.26. The molecular weight excluding hydrogens is 410 g/mol. The third kappa shape index (κ3) is 4.76. The first-order chi connectivity index (χ1) is 14.9. The lowest BCUT2D eigenvalue weighted by Crippen LogP contribution is -2.21. The van der Waals surface area contributed by atoms with Crippen molar-refractivity contribution in [3.8, 4) is 6.07 Å². The van der Waals surface area contributed by atoms with Crippen LogP contribution in [0.4, 0.5) is 5.69 Å². The van der Waals surface area contributed by atoms with Gasteiger partial charge >= 0.3 is 5.97 Å². The van der Waals surface area contributed by atoms with E-state index in [1.54, 1.807) is 25.1 Å². The highest BCUT2D eigenvalue weighted by molar-refractivity contribution is 6.31. The summed E-state index contributed by atoms with van der Waals surface area (Å²) < 4.78 is 7.40. The third-order valence-corrected chi connectivity index (χ3v) is 5.63. The second-order valence-corrected chi connectivity index (χ2v) is 7.97. The standard InChI is InChI=1S/C25H26ClN3O2/c1-5-31-25(30)20-13-14-29(16(2)3)24(20)23(19-11-9-18(15-27)10-12-19)28-22-8-6-7-21(26)17(22)4/h6-14,16,23,28H,5H2,1-4H3. The highest BCUT2D eigenvalue weighted by atomic mass is 35.5. The van der Waals surface area contributed by atoms with Gasteiger partial charge in [0.05, 0.1) is 35.5 Å². The van der Waals surface area contributed by atoms with E-state index >= 15 is 0 Å². The molecule has 1 aromatic heterocycles. The number of rotatable bonds is 7. The van der Waals surface area contributed by atoms with Crippen LogP contribution in [0.1, 0.15) is 65.6 Å². The van der Waals surface area contributed by atoms with Gasteiger partial charge in [-0.2, -0.15) is 5.26 Å². The van der Waals surface area contributed by atoms with Crippen LogP contribution in [0.25, 0.3) is 0 Å². The number of aromatic nitrogens is 1. The van der Waals surface area contributed by atoms with Crippen molar-refractivity contribution in [1.29, 1.82) is 5.26 Å². The summed E-state index contributed by atoms with van der Waals surface area (Å²) in [6, 6.07) is 16.8. The minimum absolute atomic E-state index is 0.126. The van der Waals surface area contributed by atoms with Crippen molar-refractivity contribution in [3.63, 3.8) is 0 Å². The molecule has 0 bridgehead atoms. The van der Waals surface area contributed by atoms with E-state index < -0.39 is 0 Å². The van der Waals surface area contributed by atoms with Crippen molar-refractivity contribution in [1.82, 2.24) is 4.57 Å². The number of carbonyl (C=O) groups excluding carboxylic acids is 1. The van der Waals surface area contributed by atoms with Crippen LogP contribution in [0, 0.1) is 18.3 Å². The van der Waals surface area contributed by atoms with E-state index in [4.69, 9.17) is 16.3 Å². The largest absolute Gasteiger partial charge is 0.462 e. The summed E-state index contributed by atoms with van der Waals surface area (Å²) in [6.07, 6.45) is 1.91. The second-order valence-electron chi connectivity index (χ2n) is 7.56. The highest BCUT2D eigenvalue weighted by Crippen LogP contribution is 2.34. The number of benzene rings is 2. The highest BCUT2D eigenvalue weighted by Gasteiger charge is 2.27. The number of nitrogens with zero attached hydrogens (tertiary/aromatic N) is 2. The van der Waals surface area contributed by atoms with Crippen molar-refractivity contribution < 1.29 is 9.53 Å². The first kappa shape index (κ1) is 22.5. The summed E-state index contributed by atoms with van der Waals surface area (Å²) >= 11 is 6.36. The SMILES string of the molecule is CCOC(=O)c1ccn(C(C)C)c1C(Nc1cccc(Cl)c1C)c1ccc(C#N)cc1. The number of nitrogens with one attached hydrogen (secondary N) is 1. The van der Waals surface area contributed by atoms with Crippen LogP contribution in [-0.4, -0.2) is 17.1 Å². The first-order valence-electron chi connectivity index (χ1n) is 10.3. The third-order valence-electron chi connectivity index (χ3n) is 5.22. The smallest absolute Gasteiger partial charge is 0.340 e. The second kappa shape index (κ2) is 9.72. The van der Waals surface area contributed by atoms with Crippen LogP contribution in [0.2, 0.25) is 5.02 Å². The van der Waals surface area contributed by atoms with E-state index in [1.165, 1.54) is 0 Å². The summed E-state index contributed by atoms with van der Waals surface area (Å²) in [6.45, 7) is 8.18. The zero-order chi connectivity index (χ0) is 22.5. The Bertz CT molecular complexity index is 1110. The number of halogens is 1. The van der Waals surface area contributed by atoms with Crippen LogP contribution in [0.15, 0.2) is 54.7 Å². The quantitative estimate of drug-likeness (QED) is 0.443. The normalized spacial score (nSPS) is 11.8. The molecule has 0 saturated heterocycles. The molecule has 31 heavy (non-hydrogen) atoms. The Morgan fingerprint density at radius 2 is 1.90 bits per heavy atom. The molecule has 1 heterocycles. The van der Waals surface area contributed by atoms with Gasteiger partial charge in [-0.05, 0) is 69.2 Å².